The van der Waals surface area contributed by atoms with E-state index in [1.807, 2.05) is 24.8 Å². The molecule has 0 atom stereocenters. The zero-order valence-corrected chi connectivity index (χ0v) is 22.3. The van der Waals surface area contributed by atoms with Gasteiger partial charge in [-0.3, -0.25) is 0 Å². The second-order valence-electron chi connectivity index (χ2n) is 8.20. The maximum atomic E-state index is 4.18. The molecule has 0 amide bonds. The number of rotatable bonds is 14. The van der Waals surface area contributed by atoms with E-state index in [4.69, 9.17) is 0 Å². The molecule has 156 valence electrons. The minimum absolute atomic E-state index is 0.825. The van der Waals surface area contributed by atoms with Crippen molar-refractivity contribution in [3.05, 3.63) is 60.2 Å². The van der Waals surface area contributed by atoms with Crippen molar-refractivity contribution in [1.29, 1.82) is 0 Å². The Morgan fingerprint density at radius 1 is 0.786 bits per heavy atom. The molecule has 2 heterocycles. The Morgan fingerprint density at radius 2 is 1.32 bits per heavy atom. The molecule has 0 saturated heterocycles. The Balaban J connectivity index is 1.92. The first-order valence-corrected chi connectivity index (χ1v) is 19.0. The van der Waals surface area contributed by atoms with E-state index in [-0.39, 0.29) is 0 Å². The van der Waals surface area contributed by atoms with Crippen molar-refractivity contribution in [2.24, 2.45) is 0 Å². The van der Waals surface area contributed by atoms with Gasteiger partial charge in [0.2, 0.25) is 0 Å². The van der Waals surface area contributed by atoms with Crippen LogP contribution in [-0.2, 0) is 12.8 Å². The summed E-state index contributed by atoms with van der Waals surface area (Å²) in [4.78, 5) is 8.36. The van der Waals surface area contributed by atoms with Crippen molar-refractivity contribution in [1.82, 2.24) is 9.97 Å². The van der Waals surface area contributed by atoms with Gasteiger partial charge in [-0.15, -0.1) is 0 Å². The summed E-state index contributed by atoms with van der Waals surface area (Å²) in [6, 6.07) is 8.75. The fraction of sp³-hybridized carbons (Fsp3) is 0.565. The van der Waals surface area contributed by atoms with Gasteiger partial charge in [0.1, 0.15) is 0 Å². The Bertz CT molecular complexity index is 619. The molecule has 2 aromatic heterocycles. The molecule has 0 aliphatic heterocycles. The van der Waals surface area contributed by atoms with Crippen LogP contribution in [0.5, 0.6) is 0 Å². The number of hydrogen-bond donors (Lipinski definition) is 0. The van der Waals surface area contributed by atoms with Gasteiger partial charge in [0.05, 0.1) is 0 Å². The van der Waals surface area contributed by atoms with Crippen LogP contribution in [0.15, 0.2) is 49.1 Å². The number of unbranched alkanes of at least 4 members (excludes halogenated alkanes) is 3. The summed E-state index contributed by atoms with van der Waals surface area (Å²) in [7, 11) is 0. The van der Waals surface area contributed by atoms with Gasteiger partial charge in [-0.2, -0.15) is 0 Å². The molecule has 0 bridgehead atoms. The summed E-state index contributed by atoms with van der Waals surface area (Å²) in [5.41, 5.74) is 2.88. The topological polar surface area (TPSA) is 25.8 Å². The summed E-state index contributed by atoms with van der Waals surface area (Å²) in [6.07, 6.45) is 19.9. The van der Waals surface area contributed by atoms with Crippen LogP contribution in [0.2, 0.25) is 10.6 Å². The molecule has 0 fully saturated rings. The van der Waals surface area contributed by atoms with Gasteiger partial charge in [-0.05, 0) is 0 Å². The third-order valence-corrected chi connectivity index (χ3v) is 17.2. The van der Waals surface area contributed by atoms with Crippen molar-refractivity contribution in [2.75, 3.05) is 25.2 Å². The first kappa shape index (κ1) is 24.3. The number of nitrogens with zero attached hydrogens (tertiary/aromatic N) is 2. The van der Waals surface area contributed by atoms with E-state index in [1.165, 1.54) is 78.8 Å². The summed E-state index contributed by atoms with van der Waals surface area (Å²) in [5, 5.41) is 2.94. The molecule has 0 N–H and O–H groups in total. The van der Waals surface area contributed by atoms with E-state index in [0.29, 0.717) is 0 Å². The monoisotopic (exact) mass is 578 g/mol. The summed E-state index contributed by atoms with van der Waals surface area (Å²) >= 11 is 3.77. The van der Waals surface area contributed by atoms with Gasteiger partial charge >= 0.3 is 193 Å². The molecule has 0 radical (unpaired) electrons. The van der Waals surface area contributed by atoms with Gasteiger partial charge < -0.3 is 0 Å². The van der Waals surface area contributed by atoms with Crippen molar-refractivity contribution >= 4 is 41.2 Å². The molecule has 28 heavy (non-hydrogen) atoms. The van der Waals surface area contributed by atoms with Crippen molar-refractivity contribution in [2.45, 2.75) is 56.1 Å². The molecule has 2 nitrogen and oxygen atoms in total. The maximum absolute atomic E-state index is 4.18. The summed E-state index contributed by atoms with van der Waals surface area (Å²) in [5.74, 6) is 0. The fourth-order valence-electron chi connectivity index (χ4n) is 3.37. The van der Waals surface area contributed by atoms with Crippen molar-refractivity contribution in [3.8, 4) is 0 Å². The Hall–Kier alpha value is -0.0205. The third kappa shape index (κ3) is 9.65. The van der Waals surface area contributed by atoms with Crippen LogP contribution in [0, 0.1) is 0 Å². The predicted octanol–water partition coefficient (Wildman–Crippen LogP) is 6.92. The Morgan fingerprint density at radius 3 is 1.82 bits per heavy atom. The molecule has 0 unspecified atom stereocenters. The van der Waals surface area contributed by atoms with Crippen LogP contribution in [0.4, 0.5) is 0 Å². The predicted molar refractivity (Wildman–Crippen MR) is 137 cm³/mol. The minimum atomic E-state index is -1.73. The molecule has 5 heteroatoms. The van der Waals surface area contributed by atoms with Crippen LogP contribution in [0.1, 0.15) is 43.7 Å². The van der Waals surface area contributed by atoms with Crippen LogP contribution < -0.4 is 0 Å². The van der Waals surface area contributed by atoms with Gasteiger partial charge in [-0.1, -0.05) is 0 Å². The Labute approximate surface area is 191 Å². The van der Waals surface area contributed by atoms with E-state index in [0.717, 1.165) is 15.0 Å². The molecule has 0 aliphatic carbocycles. The molecule has 0 aliphatic rings. The fourth-order valence-corrected chi connectivity index (χ4v) is 16.3. The van der Waals surface area contributed by atoms with E-state index >= 15 is 0 Å². The van der Waals surface area contributed by atoms with Crippen LogP contribution in [-0.4, -0.2) is 50.1 Å². The second-order valence-corrected chi connectivity index (χ2v) is 25.4. The third-order valence-electron chi connectivity index (χ3n) is 5.55. The van der Waals surface area contributed by atoms with Crippen LogP contribution in [0.3, 0.4) is 0 Å². The standard InChI is InChI=1S/C23H36IN2PSe/c1-3-4-5-6-20-28-21-19-27(2,24,17-11-22-7-13-25-14-8-22)18-12-23-9-15-26-16-10-23/h7-10,13-16H,3-6,11-12,17-21H2,1-2H3. The first-order valence-electron chi connectivity index (χ1n) is 10.6. The molecule has 0 aromatic carbocycles. The van der Waals surface area contributed by atoms with Gasteiger partial charge in [-0.25, -0.2) is 0 Å². The van der Waals surface area contributed by atoms with Gasteiger partial charge in [0.25, 0.3) is 0 Å². The second kappa shape index (κ2) is 12.6. The van der Waals surface area contributed by atoms with Crippen LogP contribution in [0.25, 0.3) is 0 Å². The normalized spacial score (nSPS) is 13.2. The molecule has 0 saturated carbocycles. The van der Waals surface area contributed by atoms with E-state index in [9.17, 15) is 0 Å². The average Bonchev–Trinajstić information content (AvgIpc) is 2.72. The quantitative estimate of drug-likeness (QED) is 0.106. The first-order chi connectivity index (χ1) is 13.5. The van der Waals surface area contributed by atoms with E-state index < -0.39 is 4.25 Å². The number of aryl methyl sites for hydroxylation is 2. The van der Waals surface area contributed by atoms with Crippen LogP contribution >= 0.6 is 26.3 Å². The van der Waals surface area contributed by atoms with E-state index in [1.54, 1.807) is 0 Å². The van der Waals surface area contributed by atoms with Gasteiger partial charge in [0, 0.05) is 0 Å². The molecular weight excluding hydrogens is 541 g/mol. The Kier molecular flexibility index (Phi) is 10.9. The molecule has 0 spiro atoms. The molecule has 2 rings (SSSR count). The number of aromatic nitrogens is 2. The van der Waals surface area contributed by atoms with Crippen molar-refractivity contribution < 1.29 is 0 Å². The molecule has 2 aromatic rings. The average molecular weight is 577 g/mol. The zero-order valence-electron chi connectivity index (χ0n) is 17.5. The summed E-state index contributed by atoms with van der Waals surface area (Å²) in [6.45, 7) is 4.95. The zero-order chi connectivity index (χ0) is 20.2. The van der Waals surface area contributed by atoms with Gasteiger partial charge in [0.15, 0.2) is 0 Å². The number of halogens is 1. The molecular formula is C23H36IN2PSe. The number of pyridine rings is 2. The SMILES string of the molecule is CCCCCC[Se]CCP(C)(I)(CCc1ccncc1)CCc1ccncc1. The van der Waals surface area contributed by atoms with E-state index in [2.05, 4.69) is 69.9 Å². The summed E-state index contributed by atoms with van der Waals surface area (Å²) < 4.78 is -1.73. The van der Waals surface area contributed by atoms with Crippen molar-refractivity contribution in [3.63, 3.8) is 0 Å². The number of hydrogen-bond acceptors (Lipinski definition) is 2.